The number of fused-ring (bicyclic) bond motifs is 6. The van der Waals surface area contributed by atoms with E-state index in [0.29, 0.717) is 0 Å². The molecular weight excluding hydrogens is 208 g/mol. The first-order valence-electron chi connectivity index (χ1n) is 7.81. The molecule has 4 rings (SSSR count). The lowest BCUT2D eigenvalue weighted by Crippen LogP contribution is -2.62. The molecule has 0 spiro atoms. The van der Waals surface area contributed by atoms with Gasteiger partial charge in [-0.2, -0.15) is 0 Å². The van der Waals surface area contributed by atoms with Gasteiger partial charge in [0.25, 0.3) is 0 Å². The van der Waals surface area contributed by atoms with Gasteiger partial charge in [-0.15, -0.1) is 0 Å². The van der Waals surface area contributed by atoms with Crippen LogP contribution in [0.3, 0.4) is 0 Å². The molecule has 0 radical (unpaired) electrons. The number of ether oxygens (including phenoxy) is 1. The Kier molecular flexibility index (Phi) is 2.10. The Bertz CT molecular complexity index is 310. The van der Waals surface area contributed by atoms with E-state index < -0.39 is 0 Å². The first kappa shape index (κ1) is 10.8. The van der Waals surface area contributed by atoms with Gasteiger partial charge in [-0.1, -0.05) is 12.8 Å². The summed E-state index contributed by atoms with van der Waals surface area (Å²) in [5.41, 5.74) is 0.472. The summed E-state index contributed by atoms with van der Waals surface area (Å²) in [4.78, 5) is 0. The number of rotatable bonds is 0. The predicted octanol–water partition coefficient (Wildman–Crippen LogP) is 4.16. The van der Waals surface area contributed by atoms with Crippen molar-refractivity contribution < 1.29 is 4.74 Å². The Balaban J connectivity index is 1.76. The molecule has 6 atom stereocenters. The normalized spacial score (nSPS) is 61.1. The maximum atomic E-state index is 6.73. The third-order valence-corrected chi connectivity index (χ3v) is 6.64. The Labute approximate surface area is 105 Å². The molecule has 2 saturated heterocycles. The molecule has 17 heavy (non-hydrogen) atoms. The molecule has 2 bridgehead atoms. The van der Waals surface area contributed by atoms with Crippen molar-refractivity contribution in [1.29, 1.82) is 0 Å². The van der Waals surface area contributed by atoms with Crippen molar-refractivity contribution in [2.24, 2.45) is 23.7 Å². The summed E-state index contributed by atoms with van der Waals surface area (Å²) in [6, 6.07) is 0. The minimum atomic E-state index is 0.228. The van der Waals surface area contributed by atoms with E-state index >= 15 is 0 Å². The van der Waals surface area contributed by atoms with Gasteiger partial charge in [-0.25, -0.2) is 0 Å². The van der Waals surface area contributed by atoms with Gasteiger partial charge in [-0.3, -0.25) is 0 Å². The topological polar surface area (TPSA) is 9.23 Å². The average Bonchev–Trinajstić information content (AvgIpc) is 2.84. The average molecular weight is 234 g/mol. The third-order valence-electron chi connectivity index (χ3n) is 6.64. The van der Waals surface area contributed by atoms with Crippen LogP contribution in [0.2, 0.25) is 0 Å². The van der Waals surface area contributed by atoms with E-state index in [1.807, 2.05) is 0 Å². The molecule has 4 aliphatic rings. The van der Waals surface area contributed by atoms with Gasteiger partial charge in [0, 0.05) is 0 Å². The summed E-state index contributed by atoms with van der Waals surface area (Å²) in [6.07, 6.45) is 11.5. The number of hydrogen-bond donors (Lipinski definition) is 0. The zero-order valence-corrected chi connectivity index (χ0v) is 11.4. The first-order chi connectivity index (χ1) is 8.11. The second kappa shape index (κ2) is 3.29. The fourth-order valence-corrected chi connectivity index (χ4v) is 6.30. The van der Waals surface area contributed by atoms with Crippen molar-refractivity contribution in [3.63, 3.8) is 0 Å². The summed E-state index contributed by atoms with van der Waals surface area (Å²) < 4.78 is 6.73. The number of hydrogen-bond acceptors (Lipinski definition) is 1. The Morgan fingerprint density at radius 1 is 0.824 bits per heavy atom. The zero-order valence-electron chi connectivity index (χ0n) is 11.4. The SMILES string of the molecule is CC12C[C@H]3CCC[C@H]3C(C)(O1)[C@H]1CCC[C@H]1C2. The van der Waals surface area contributed by atoms with E-state index in [4.69, 9.17) is 4.74 Å². The van der Waals surface area contributed by atoms with Gasteiger partial charge >= 0.3 is 0 Å². The molecule has 0 amide bonds. The lowest BCUT2D eigenvalue weighted by Gasteiger charge is -2.60. The van der Waals surface area contributed by atoms with Gasteiger partial charge in [0.2, 0.25) is 0 Å². The van der Waals surface area contributed by atoms with Gasteiger partial charge in [-0.05, 0) is 76.0 Å². The summed E-state index contributed by atoms with van der Waals surface area (Å²) in [5, 5.41) is 0. The minimum absolute atomic E-state index is 0.228. The van der Waals surface area contributed by atoms with E-state index in [1.165, 1.54) is 51.4 Å². The van der Waals surface area contributed by atoms with E-state index in [1.54, 1.807) is 0 Å². The van der Waals surface area contributed by atoms with Crippen molar-refractivity contribution in [3.05, 3.63) is 0 Å². The lowest BCUT2D eigenvalue weighted by molar-refractivity contribution is -0.277. The molecule has 1 heteroatoms. The fraction of sp³-hybridized carbons (Fsp3) is 1.00. The Morgan fingerprint density at radius 3 is 1.88 bits per heavy atom. The lowest BCUT2D eigenvalue weighted by atomic mass is 9.59. The monoisotopic (exact) mass is 234 g/mol. The molecule has 2 saturated carbocycles. The van der Waals surface area contributed by atoms with Crippen LogP contribution in [0, 0.1) is 23.7 Å². The molecule has 2 aliphatic heterocycles. The molecule has 4 fully saturated rings. The minimum Gasteiger partial charge on any atom is -0.369 e. The van der Waals surface area contributed by atoms with Gasteiger partial charge < -0.3 is 4.74 Å². The van der Waals surface area contributed by atoms with Crippen LogP contribution in [-0.2, 0) is 4.74 Å². The third kappa shape index (κ3) is 1.35. The first-order valence-corrected chi connectivity index (χ1v) is 7.81. The van der Waals surface area contributed by atoms with Crippen LogP contribution in [0.1, 0.15) is 65.2 Å². The van der Waals surface area contributed by atoms with Crippen molar-refractivity contribution in [3.8, 4) is 0 Å². The molecule has 0 N–H and O–H groups in total. The quantitative estimate of drug-likeness (QED) is 0.611. The van der Waals surface area contributed by atoms with Crippen LogP contribution < -0.4 is 0 Å². The highest BCUT2D eigenvalue weighted by Crippen LogP contribution is 2.62. The van der Waals surface area contributed by atoms with E-state index in [0.717, 1.165) is 23.7 Å². The zero-order chi connectivity index (χ0) is 11.7. The molecule has 2 unspecified atom stereocenters. The van der Waals surface area contributed by atoms with Crippen LogP contribution in [-0.4, -0.2) is 11.2 Å². The van der Waals surface area contributed by atoms with Crippen LogP contribution in [0.15, 0.2) is 0 Å². The van der Waals surface area contributed by atoms with Crippen LogP contribution in [0.4, 0.5) is 0 Å². The maximum Gasteiger partial charge on any atom is 0.0723 e. The molecule has 96 valence electrons. The molecule has 0 aromatic carbocycles. The Morgan fingerprint density at radius 2 is 1.35 bits per heavy atom. The fourth-order valence-electron chi connectivity index (χ4n) is 6.30. The standard InChI is InChI=1S/C16H26O/c1-15-9-11-5-3-7-13(11)16(2,17-15)14-8-4-6-12(14)10-15/h11-14H,3-10H2,1-2H3/t11-,12+,13-,14+,15?,16?. The summed E-state index contributed by atoms with van der Waals surface area (Å²) in [5.74, 6) is 3.75. The van der Waals surface area contributed by atoms with Gasteiger partial charge in [0.15, 0.2) is 0 Å². The molecule has 1 nitrogen and oxygen atoms in total. The van der Waals surface area contributed by atoms with Gasteiger partial charge in [0.1, 0.15) is 0 Å². The summed E-state index contributed by atoms with van der Waals surface area (Å²) in [7, 11) is 0. The summed E-state index contributed by atoms with van der Waals surface area (Å²) >= 11 is 0. The molecule has 0 aromatic heterocycles. The molecule has 2 heterocycles. The van der Waals surface area contributed by atoms with Crippen LogP contribution >= 0.6 is 0 Å². The van der Waals surface area contributed by atoms with E-state index in [2.05, 4.69) is 13.8 Å². The second-order valence-corrected chi connectivity index (χ2v) is 7.74. The van der Waals surface area contributed by atoms with Crippen LogP contribution in [0.25, 0.3) is 0 Å². The van der Waals surface area contributed by atoms with Crippen molar-refractivity contribution in [1.82, 2.24) is 0 Å². The molecule has 0 aromatic rings. The van der Waals surface area contributed by atoms with Gasteiger partial charge in [0.05, 0.1) is 11.2 Å². The van der Waals surface area contributed by atoms with E-state index in [9.17, 15) is 0 Å². The largest absolute Gasteiger partial charge is 0.369 e. The molecule has 2 aliphatic carbocycles. The highest BCUT2D eigenvalue weighted by molar-refractivity contribution is 5.10. The highest BCUT2D eigenvalue weighted by atomic mass is 16.5. The second-order valence-electron chi connectivity index (χ2n) is 7.74. The smallest absolute Gasteiger partial charge is 0.0723 e. The predicted molar refractivity (Wildman–Crippen MR) is 68.8 cm³/mol. The van der Waals surface area contributed by atoms with E-state index in [-0.39, 0.29) is 11.2 Å². The van der Waals surface area contributed by atoms with Crippen molar-refractivity contribution in [2.45, 2.75) is 76.4 Å². The Hall–Kier alpha value is -0.0400. The maximum absolute atomic E-state index is 6.73. The van der Waals surface area contributed by atoms with Crippen molar-refractivity contribution in [2.75, 3.05) is 0 Å². The molecular formula is C16H26O. The summed E-state index contributed by atoms with van der Waals surface area (Å²) in [6.45, 7) is 4.89. The van der Waals surface area contributed by atoms with Crippen LogP contribution in [0.5, 0.6) is 0 Å². The van der Waals surface area contributed by atoms with Crippen molar-refractivity contribution >= 4 is 0 Å². The highest BCUT2D eigenvalue weighted by Gasteiger charge is 2.61.